The predicted molar refractivity (Wildman–Crippen MR) is 71.1 cm³/mol. The summed E-state index contributed by atoms with van der Waals surface area (Å²) < 4.78 is 4.91. The number of carboxylic acid groups (broad SMARTS) is 1. The zero-order valence-corrected chi connectivity index (χ0v) is 11.0. The summed E-state index contributed by atoms with van der Waals surface area (Å²) in [5, 5.41) is 11.3. The minimum Gasteiger partial charge on any atom is -0.481 e. The maximum absolute atomic E-state index is 11.8. The number of pyridine rings is 1. The number of carboxylic acids is 1. The van der Waals surface area contributed by atoms with Crippen molar-refractivity contribution in [2.45, 2.75) is 6.54 Å². The summed E-state index contributed by atoms with van der Waals surface area (Å²) in [4.78, 5) is 27.4. The van der Waals surface area contributed by atoms with Gasteiger partial charge in [0.05, 0.1) is 13.7 Å². The maximum atomic E-state index is 11.8. The Morgan fingerprint density at radius 2 is 2.30 bits per heavy atom. The maximum Gasteiger partial charge on any atom is 0.323 e. The van der Waals surface area contributed by atoms with Crippen LogP contribution in [0, 0.1) is 12.3 Å². The zero-order valence-electron chi connectivity index (χ0n) is 11.0. The third kappa shape index (κ3) is 4.86. The van der Waals surface area contributed by atoms with Crippen molar-refractivity contribution in [2.24, 2.45) is 0 Å². The molecule has 2 amide bonds. The Bertz CT molecular complexity index is 507. The molecule has 0 aliphatic rings. The normalized spacial score (nSPS) is 9.40. The highest BCUT2D eigenvalue weighted by molar-refractivity contribution is 5.80. The molecule has 0 atom stereocenters. The fraction of sp³-hybridized carbons (Fsp3) is 0.308. The summed E-state index contributed by atoms with van der Waals surface area (Å²) in [5.74, 6) is 1.59. The molecule has 0 bridgehead atoms. The average molecular weight is 277 g/mol. The summed E-state index contributed by atoms with van der Waals surface area (Å²) in [7, 11) is 1.51. The van der Waals surface area contributed by atoms with Gasteiger partial charge in [-0.15, -0.1) is 6.42 Å². The van der Waals surface area contributed by atoms with Gasteiger partial charge in [0.25, 0.3) is 0 Å². The van der Waals surface area contributed by atoms with E-state index in [1.165, 1.54) is 7.11 Å². The molecule has 1 aromatic heterocycles. The van der Waals surface area contributed by atoms with Crippen molar-refractivity contribution in [3.63, 3.8) is 0 Å². The number of hydrogen-bond donors (Lipinski definition) is 2. The van der Waals surface area contributed by atoms with Crippen LogP contribution >= 0.6 is 0 Å². The fourth-order valence-electron chi connectivity index (χ4n) is 1.40. The number of nitrogens with zero attached hydrogens (tertiary/aromatic N) is 2. The Balaban J connectivity index is 2.55. The number of nitrogens with one attached hydrogen (secondary N) is 1. The van der Waals surface area contributed by atoms with E-state index in [0.717, 1.165) is 10.5 Å². The molecule has 0 aliphatic carbocycles. The van der Waals surface area contributed by atoms with Gasteiger partial charge in [0.2, 0.25) is 5.88 Å². The minimum atomic E-state index is -1.12. The summed E-state index contributed by atoms with van der Waals surface area (Å²) >= 11 is 0. The van der Waals surface area contributed by atoms with Gasteiger partial charge in [-0.3, -0.25) is 4.79 Å². The van der Waals surface area contributed by atoms with Gasteiger partial charge < -0.3 is 20.1 Å². The predicted octanol–water partition coefficient (Wildman–Crippen LogP) is 0.320. The number of urea groups is 1. The van der Waals surface area contributed by atoms with Crippen LogP contribution in [0.4, 0.5) is 4.79 Å². The van der Waals surface area contributed by atoms with Gasteiger partial charge in [-0.25, -0.2) is 9.78 Å². The van der Waals surface area contributed by atoms with E-state index in [2.05, 4.69) is 16.2 Å². The molecule has 0 spiro atoms. The molecule has 1 rings (SSSR count). The lowest BCUT2D eigenvalue weighted by molar-refractivity contribution is -0.137. The number of methoxy groups -OCH3 is 1. The number of hydrogen-bond acceptors (Lipinski definition) is 4. The topological polar surface area (TPSA) is 91.8 Å². The summed E-state index contributed by atoms with van der Waals surface area (Å²) in [6, 6.07) is 2.87. The molecule has 0 unspecified atom stereocenters. The van der Waals surface area contributed by atoms with E-state index in [-0.39, 0.29) is 13.1 Å². The molecule has 7 heteroatoms. The molecular weight excluding hydrogens is 262 g/mol. The van der Waals surface area contributed by atoms with Gasteiger partial charge in [0, 0.05) is 18.8 Å². The quantitative estimate of drug-likeness (QED) is 0.731. The molecule has 2 N–H and O–H groups in total. The van der Waals surface area contributed by atoms with E-state index in [1.807, 2.05) is 0 Å². The van der Waals surface area contributed by atoms with Crippen LogP contribution in [-0.4, -0.2) is 47.2 Å². The number of carbonyl (C=O) groups excluding carboxylic acids is 1. The Labute approximate surface area is 116 Å². The smallest absolute Gasteiger partial charge is 0.323 e. The standard InChI is InChI=1S/C13H15N3O4/c1-3-6-16(9-12(17)18)13(19)15-8-10-4-5-11(20-2)14-7-10/h1,4-5,7H,6,8-9H2,2H3,(H,15,19)(H,17,18). The first-order chi connectivity index (χ1) is 9.56. The van der Waals surface area contributed by atoms with Gasteiger partial charge in [-0.1, -0.05) is 12.0 Å². The Morgan fingerprint density at radius 1 is 1.55 bits per heavy atom. The van der Waals surface area contributed by atoms with Crippen LogP contribution in [0.15, 0.2) is 18.3 Å². The highest BCUT2D eigenvalue weighted by atomic mass is 16.5. The van der Waals surface area contributed by atoms with Gasteiger partial charge in [-0.05, 0) is 5.56 Å². The van der Waals surface area contributed by atoms with Gasteiger partial charge in [0.15, 0.2) is 0 Å². The highest BCUT2D eigenvalue weighted by Gasteiger charge is 2.15. The van der Waals surface area contributed by atoms with Gasteiger partial charge >= 0.3 is 12.0 Å². The van der Waals surface area contributed by atoms with Crippen molar-refractivity contribution in [1.82, 2.24) is 15.2 Å². The van der Waals surface area contributed by atoms with Crippen LogP contribution in [0.25, 0.3) is 0 Å². The summed E-state index contributed by atoms with van der Waals surface area (Å²) in [6.45, 7) is -0.299. The number of aromatic nitrogens is 1. The lowest BCUT2D eigenvalue weighted by Gasteiger charge is -2.18. The molecule has 0 radical (unpaired) electrons. The van der Waals surface area contributed by atoms with E-state index < -0.39 is 18.5 Å². The molecule has 0 saturated heterocycles. The SMILES string of the molecule is C#CCN(CC(=O)O)C(=O)NCc1ccc(OC)nc1. The van der Waals surface area contributed by atoms with Crippen molar-refractivity contribution in [3.8, 4) is 18.2 Å². The van der Waals surface area contributed by atoms with Crippen molar-refractivity contribution in [3.05, 3.63) is 23.9 Å². The van der Waals surface area contributed by atoms with Crippen molar-refractivity contribution in [2.75, 3.05) is 20.2 Å². The molecule has 106 valence electrons. The largest absolute Gasteiger partial charge is 0.481 e. The van der Waals surface area contributed by atoms with E-state index in [9.17, 15) is 9.59 Å². The highest BCUT2D eigenvalue weighted by Crippen LogP contribution is 2.06. The number of rotatable bonds is 6. The second-order valence-electron chi connectivity index (χ2n) is 3.82. The number of carbonyl (C=O) groups is 2. The number of terminal acetylenes is 1. The first kappa shape index (κ1) is 15.3. The van der Waals surface area contributed by atoms with Crippen LogP contribution in [0.1, 0.15) is 5.56 Å². The Morgan fingerprint density at radius 3 is 2.80 bits per heavy atom. The Kier molecular flexibility index (Phi) is 5.84. The third-order valence-electron chi connectivity index (χ3n) is 2.35. The van der Waals surface area contributed by atoms with E-state index in [0.29, 0.717) is 5.88 Å². The molecule has 0 aromatic carbocycles. The summed E-state index contributed by atoms with van der Waals surface area (Å²) in [5.41, 5.74) is 0.759. The molecule has 20 heavy (non-hydrogen) atoms. The molecule has 1 heterocycles. The van der Waals surface area contributed by atoms with Crippen LogP contribution in [-0.2, 0) is 11.3 Å². The molecular formula is C13H15N3O4. The van der Waals surface area contributed by atoms with Crippen molar-refractivity contribution in [1.29, 1.82) is 0 Å². The molecule has 0 saturated carbocycles. The number of amides is 2. The number of ether oxygens (including phenoxy) is 1. The number of aliphatic carboxylic acids is 1. The molecule has 0 fully saturated rings. The fourth-order valence-corrected chi connectivity index (χ4v) is 1.40. The average Bonchev–Trinajstić information content (AvgIpc) is 2.44. The lowest BCUT2D eigenvalue weighted by atomic mass is 10.3. The van der Waals surface area contributed by atoms with Crippen molar-refractivity contribution < 1.29 is 19.4 Å². The van der Waals surface area contributed by atoms with Crippen molar-refractivity contribution >= 4 is 12.0 Å². The monoisotopic (exact) mass is 277 g/mol. The van der Waals surface area contributed by atoms with E-state index in [4.69, 9.17) is 16.3 Å². The third-order valence-corrected chi connectivity index (χ3v) is 2.35. The molecule has 0 aliphatic heterocycles. The van der Waals surface area contributed by atoms with E-state index >= 15 is 0 Å². The van der Waals surface area contributed by atoms with Crippen LogP contribution in [0.3, 0.4) is 0 Å². The van der Waals surface area contributed by atoms with E-state index in [1.54, 1.807) is 18.3 Å². The first-order valence-electron chi connectivity index (χ1n) is 5.73. The second-order valence-corrected chi connectivity index (χ2v) is 3.82. The molecule has 1 aromatic rings. The van der Waals surface area contributed by atoms with Gasteiger partial charge in [0.1, 0.15) is 6.54 Å². The van der Waals surface area contributed by atoms with Crippen LogP contribution in [0.2, 0.25) is 0 Å². The Hall–Kier alpha value is -2.75. The van der Waals surface area contributed by atoms with Crippen LogP contribution < -0.4 is 10.1 Å². The van der Waals surface area contributed by atoms with Crippen LogP contribution in [0.5, 0.6) is 5.88 Å². The second kappa shape index (κ2) is 7.63. The first-order valence-corrected chi connectivity index (χ1v) is 5.73. The summed E-state index contributed by atoms with van der Waals surface area (Å²) in [6.07, 6.45) is 6.65. The zero-order chi connectivity index (χ0) is 15.0. The minimum absolute atomic E-state index is 0.0704. The van der Waals surface area contributed by atoms with Gasteiger partial charge in [-0.2, -0.15) is 0 Å². The molecule has 7 nitrogen and oxygen atoms in total. The lowest BCUT2D eigenvalue weighted by Crippen LogP contribution is -2.42.